The van der Waals surface area contributed by atoms with Crippen molar-refractivity contribution in [2.75, 3.05) is 26.7 Å². The molecule has 1 aliphatic heterocycles. The fourth-order valence-electron chi connectivity index (χ4n) is 4.94. The van der Waals surface area contributed by atoms with Gasteiger partial charge in [0.05, 0.1) is 17.3 Å². The Labute approximate surface area is 236 Å². The SMILES string of the molecule is C=C/C(=C\C(CC(C)c1c(Cl)ccc(F)c1Cl)=C(/C)N)c1cnn(C2CCN(CCCC(=C)NC)CC2)c1. The van der Waals surface area contributed by atoms with Gasteiger partial charge in [0, 0.05) is 48.3 Å². The minimum absolute atomic E-state index is 0.0581. The van der Waals surface area contributed by atoms with Crippen molar-refractivity contribution in [2.24, 2.45) is 5.73 Å². The van der Waals surface area contributed by atoms with E-state index in [1.54, 1.807) is 0 Å². The zero-order chi connectivity index (χ0) is 27.8. The van der Waals surface area contributed by atoms with Crippen LogP contribution in [0.25, 0.3) is 5.57 Å². The van der Waals surface area contributed by atoms with Crippen LogP contribution in [0.4, 0.5) is 4.39 Å². The molecule has 2 heterocycles. The van der Waals surface area contributed by atoms with Crippen molar-refractivity contribution in [2.45, 2.75) is 57.9 Å². The molecule has 0 bridgehead atoms. The summed E-state index contributed by atoms with van der Waals surface area (Å²) in [7, 11) is 1.92. The van der Waals surface area contributed by atoms with Crippen molar-refractivity contribution in [1.29, 1.82) is 0 Å². The third-order valence-electron chi connectivity index (χ3n) is 7.33. The van der Waals surface area contributed by atoms with E-state index in [0.29, 0.717) is 28.7 Å². The second-order valence-corrected chi connectivity index (χ2v) is 10.9. The van der Waals surface area contributed by atoms with E-state index in [0.717, 1.165) is 67.7 Å². The molecule has 1 fully saturated rings. The molecule has 3 rings (SSSR count). The summed E-state index contributed by atoms with van der Waals surface area (Å²) in [5, 5.41) is 8.31. The zero-order valence-electron chi connectivity index (χ0n) is 22.7. The molecule has 0 aliphatic carbocycles. The minimum atomic E-state index is -0.479. The molecule has 1 aromatic heterocycles. The van der Waals surface area contributed by atoms with Crippen LogP contribution in [0.3, 0.4) is 0 Å². The van der Waals surface area contributed by atoms with Crippen molar-refractivity contribution < 1.29 is 4.39 Å². The lowest BCUT2D eigenvalue weighted by molar-refractivity contribution is 0.178. The van der Waals surface area contributed by atoms with E-state index in [1.807, 2.05) is 39.2 Å². The lowest BCUT2D eigenvalue weighted by atomic mass is 9.91. The molecule has 206 valence electrons. The number of allylic oxidation sites excluding steroid dienone is 6. The van der Waals surface area contributed by atoms with Crippen LogP contribution in [0.15, 0.2) is 66.8 Å². The largest absolute Gasteiger partial charge is 0.402 e. The summed E-state index contributed by atoms with van der Waals surface area (Å²) in [5.74, 6) is -0.612. The summed E-state index contributed by atoms with van der Waals surface area (Å²) in [4.78, 5) is 2.53. The second kappa shape index (κ2) is 14.0. The van der Waals surface area contributed by atoms with Gasteiger partial charge in [-0.1, -0.05) is 49.4 Å². The van der Waals surface area contributed by atoms with Gasteiger partial charge in [0.15, 0.2) is 0 Å². The van der Waals surface area contributed by atoms with Gasteiger partial charge in [-0.25, -0.2) is 4.39 Å². The number of nitrogens with zero attached hydrogens (tertiary/aromatic N) is 3. The summed E-state index contributed by atoms with van der Waals surface area (Å²) in [6.45, 7) is 15.1. The Hall–Kier alpha value is -2.54. The van der Waals surface area contributed by atoms with Gasteiger partial charge in [-0.05, 0) is 86.4 Å². The van der Waals surface area contributed by atoms with Gasteiger partial charge in [-0.3, -0.25) is 4.68 Å². The second-order valence-electron chi connectivity index (χ2n) is 10.1. The highest BCUT2D eigenvalue weighted by molar-refractivity contribution is 6.36. The van der Waals surface area contributed by atoms with E-state index in [9.17, 15) is 4.39 Å². The molecule has 1 unspecified atom stereocenters. The maximum absolute atomic E-state index is 14.1. The molecule has 5 nitrogen and oxygen atoms in total. The normalized spacial score (nSPS) is 16.7. The number of likely N-dealkylation sites (tertiary alicyclic amines) is 1. The molecule has 8 heteroatoms. The van der Waals surface area contributed by atoms with Crippen molar-refractivity contribution in [1.82, 2.24) is 20.0 Å². The quantitative estimate of drug-likeness (QED) is 0.209. The van der Waals surface area contributed by atoms with Crippen molar-refractivity contribution >= 4 is 28.8 Å². The molecule has 1 atom stereocenters. The number of aromatic nitrogens is 2. The Kier molecular flexibility index (Phi) is 11.1. The Morgan fingerprint density at radius 3 is 2.66 bits per heavy atom. The van der Waals surface area contributed by atoms with Crippen molar-refractivity contribution in [3.63, 3.8) is 0 Å². The zero-order valence-corrected chi connectivity index (χ0v) is 24.3. The summed E-state index contributed by atoms with van der Waals surface area (Å²) in [5.41, 5.74) is 11.5. The van der Waals surface area contributed by atoms with Gasteiger partial charge in [-0.15, -0.1) is 0 Å². The maximum Gasteiger partial charge on any atom is 0.142 e. The number of halogens is 3. The summed E-state index contributed by atoms with van der Waals surface area (Å²) < 4.78 is 16.2. The molecule has 38 heavy (non-hydrogen) atoms. The average molecular weight is 561 g/mol. The van der Waals surface area contributed by atoms with E-state index in [4.69, 9.17) is 28.9 Å². The molecular formula is C30H40Cl2FN5. The molecule has 0 saturated carbocycles. The number of nitrogens with one attached hydrogen (secondary N) is 1. The number of hydrogen-bond acceptors (Lipinski definition) is 4. The van der Waals surface area contributed by atoms with Gasteiger partial charge in [0.2, 0.25) is 0 Å². The molecule has 3 N–H and O–H groups in total. The molecular weight excluding hydrogens is 520 g/mol. The first kappa shape index (κ1) is 30.0. The van der Waals surface area contributed by atoms with E-state index in [-0.39, 0.29) is 10.9 Å². The van der Waals surface area contributed by atoms with Crippen LogP contribution < -0.4 is 11.1 Å². The van der Waals surface area contributed by atoms with E-state index in [2.05, 4.69) is 39.4 Å². The van der Waals surface area contributed by atoms with Crippen LogP contribution in [0.1, 0.15) is 69.0 Å². The van der Waals surface area contributed by atoms with E-state index >= 15 is 0 Å². The smallest absolute Gasteiger partial charge is 0.142 e. The van der Waals surface area contributed by atoms with Crippen LogP contribution in [-0.2, 0) is 0 Å². The number of piperidine rings is 1. The highest BCUT2D eigenvalue weighted by Gasteiger charge is 2.22. The topological polar surface area (TPSA) is 59.1 Å². The van der Waals surface area contributed by atoms with Gasteiger partial charge in [0.1, 0.15) is 5.82 Å². The van der Waals surface area contributed by atoms with E-state index < -0.39 is 5.82 Å². The monoisotopic (exact) mass is 559 g/mol. The standard InChI is InChI=1S/C30H40Cl2FN5/c1-6-23(17-24(22(4)34)16-20(2)29-27(31)9-10-28(33)30(29)32)25-18-36-38(19-25)26-11-14-37(15-12-26)13-7-8-21(3)35-5/h6,9-10,17-20,26,35H,1,3,7-8,11-16,34H2,2,4-5H3/b23-17+,24-22+. The Balaban J connectivity index is 1.68. The third kappa shape index (κ3) is 7.75. The van der Waals surface area contributed by atoms with Crippen LogP contribution in [0, 0.1) is 5.82 Å². The van der Waals surface area contributed by atoms with Gasteiger partial charge >= 0.3 is 0 Å². The molecule has 0 radical (unpaired) electrons. The van der Waals surface area contributed by atoms with E-state index in [1.165, 1.54) is 12.1 Å². The minimum Gasteiger partial charge on any atom is -0.402 e. The lowest BCUT2D eigenvalue weighted by Gasteiger charge is -2.32. The molecule has 1 aromatic carbocycles. The first-order valence-corrected chi connectivity index (χ1v) is 13.9. The fraction of sp³-hybridized carbons (Fsp3) is 0.433. The predicted molar refractivity (Wildman–Crippen MR) is 159 cm³/mol. The van der Waals surface area contributed by atoms with Crippen LogP contribution in [0.5, 0.6) is 0 Å². The third-order valence-corrected chi connectivity index (χ3v) is 8.04. The highest BCUT2D eigenvalue weighted by atomic mass is 35.5. The maximum atomic E-state index is 14.1. The van der Waals surface area contributed by atoms with Crippen molar-refractivity contribution in [3.8, 4) is 0 Å². The average Bonchev–Trinajstić information content (AvgIpc) is 3.39. The summed E-state index contributed by atoms with van der Waals surface area (Å²) in [6.07, 6.45) is 12.7. The fourth-order valence-corrected chi connectivity index (χ4v) is 5.69. The summed E-state index contributed by atoms with van der Waals surface area (Å²) in [6, 6.07) is 3.20. The predicted octanol–water partition coefficient (Wildman–Crippen LogP) is 7.48. The molecule has 1 saturated heterocycles. The van der Waals surface area contributed by atoms with Gasteiger partial charge in [-0.2, -0.15) is 5.10 Å². The number of nitrogens with two attached hydrogens (primary N) is 1. The first-order valence-electron chi connectivity index (χ1n) is 13.2. The molecule has 2 aromatic rings. The Bertz CT molecular complexity index is 1190. The van der Waals surface area contributed by atoms with Crippen LogP contribution in [-0.4, -0.2) is 41.4 Å². The molecule has 1 aliphatic rings. The molecule has 0 spiro atoms. The van der Waals surface area contributed by atoms with Crippen molar-refractivity contribution in [3.05, 3.63) is 93.8 Å². The van der Waals surface area contributed by atoms with Gasteiger partial charge in [0.25, 0.3) is 0 Å². The Morgan fingerprint density at radius 1 is 1.32 bits per heavy atom. The lowest BCUT2D eigenvalue weighted by Crippen LogP contribution is -2.35. The van der Waals surface area contributed by atoms with Gasteiger partial charge < -0.3 is 16.0 Å². The molecule has 0 amide bonds. The van der Waals surface area contributed by atoms with Crippen LogP contribution in [0.2, 0.25) is 10.0 Å². The number of benzene rings is 1. The number of hydrogen-bond donors (Lipinski definition) is 2. The Morgan fingerprint density at radius 2 is 2.03 bits per heavy atom. The highest BCUT2D eigenvalue weighted by Crippen LogP contribution is 2.37. The summed E-state index contributed by atoms with van der Waals surface area (Å²) >= 11 is 12.6. The number of rotatable bonds is 12. The first-order chi connectivity index (χ1) is 18.1. The van der Waals surface area contributed by atoms with Crippen LogP contribution >= 0.6 is 23.2 Å².